The van der Waals surface area contributed by atoms with E-state index in [2.05, 4.69) is 25.5 Å². The maximum Gasteiger partial charge on any atom is 0.270 e. The Bertz CT molecular complexity index is 1310. The highest BCUT2D eigenvalue weighted by atomic mass is 16.5. The van der Waals surface area contributed by atoms with Crippen molar-refractivity contribution in [2.45, 2.75) is 0 Å². The van der Waals surface area contributed by atoms with Gasteiger partial charge in [0, 0.05) is 17.8 Å². The average molecular weight is 408 g/mol. The van der Waals surface area contributed by atoms with Crippen LogP contribution in [0.1, 0.15) is 11.1 Å². The molecule has 8 nitrogen and oxygen atoms in total. The van der Waals surface area contributed by atoms with E-state index in [1.807, 2.05) is 54.6 Å². The molecule has 0 aliphatic carbocycles. The van der Waals surface area contributed by atoms with Crippen LogP contribution in [0.3, 0.4) is 0 Å². The fraction of sp³-hybridized carbons (Fsp3) is 0. The van der Waals surface area contributed by atoms with Gasteiger partial charge in [0.15, 0.2) is 0 Å². The Morgan fingerprint density at radius 2 is 1.90 bits per heavy atom. The Labute approximate surface area is 177 Å². The van der Waals surface area contributed by atoms with Crippen LogP contribution >= 0.6 is 0 Å². The van der Waals surface area contributed by atoms with Gasteiger partial charge >= 0.3 is 0 Å². The van der Waals surface area contributed by atoms with Crippen molar-refractivity contribution in [2.75, 3.05) is 5.43 Å². The number of hydrazone groups is 1. The number of aromatic nitrogens is 3. The van der Waals surface area contributed by atoms with E-state index in [0.29, 0.717) is 17.2 Å². The quantitative estimate of drug-likeness (QED) is 0.369. The molecule has 0 amide bonds. The van der Waals surface area contributed by atoms with E-state index in [-0.39, 0.29) is 17.2 Å². The number of nitrogens with zero attached hydrogens (tertiary/aromatic N) is 4. The number of ether oxygens (including phenoxy) is 1. The standard InChI is InChI=1S/C23H16N6O2/c24-14-19-21(17-8-2-1-3-9-17)27-23(28-22(19)30)29-26-15-16-7-6-10-18(13-16)31-20-11-4-5-12-25-20/h1-13,15H,(H2,27,28,29,30). The molecule has 0 saturated heterocycles. The summed E-state index contributed by atoms with van der Waals surface area (Å²) in [6.45, 7) is 0. The zero-order valence-electron chi connectivity index (χ0n) is 16.2. The summed E-state index contributed by atoms with van der Waals surface area (Å²) in [5, 5.41) is 13.5. The summed E-state index contributed by atoms with van der Waals surface area (Å²) in [5.41, 5.74) is 3.82. The van der Waals surface area contributed by atoms with Gasteiger partial charge in [0.05, 0.1) is 11.9 Å². The molecule has 4 aromatic rings. The normalized spacial score (nSPS) is 10.5. The van der Waals surface area contributed by atoms with Crippen molar-refractivity contribution in [1.82, 2.24) is 15.0 Å². The minimum Gasteiger partial charge on any atom is -0.439 e. The number of H-pyrrole nitrogens is 1. The Kier molecular flexibility index (Phi) is 5.77. The van der Waals surface area contributed by atoms with E-state index in [0.717, 1.165) is 5.56 Å². The first-order valence-corrected chi connectivity index (χ1v) is 9.31. The lowest BCUT2D eigenvalue weighted by molar-refractivity contribution is 0.463. The van der Waals surface area contributed by atoms with E-state index in [1.165, 1.54) is 0 Å². The lowest BCUT2D eigenvalue weighted by Crippen LogP contribution is -2.16. The lowest BCUT2D eigenvalue weighted by Gasteiger charge is -2.06. The fourth-order valence-electron chi connectivity index (χ4n) is 2.79. The van der Waals surface area contributed by atoms with E-state index in [9.17, 15) is 10.1 Å². The largest absolute Gasteiger partial charge is 0.439 e. The highest BCUT2D eigenvalue weighted by molar-refractivity contribution is 5.80. The number of nitriles is 1. The molecule has 2 aromatic carbocycles. The number of hydrogen-bond donors (Lipinski definition) is 2. The van der Waals surface area contributed by atoms with Gasteiger partial charge in [0.2, 0.25) is 11.8 Å². The second-order valence-electron chi connectivity index (χ2n) is 6.33. The number of benzene rings is 2. The third-order valence-electron chi connectivity index (χ3n) is 4.18. The van der Waals surface area contributed by atoms with Crippen molar-refractivity contribution in [3.63, 3.8) is 0 Å². The van der Waals surface area contributed by atoms with Crippen molar-refractivity contribution >= 4 is 12.2 Å². The molecule has 0 atom stereocenters. The number of pyridine rings is 1. The van der Waals surface area contributed by atoms with Gasteiger partial charge in [-0.3, -0.25) is 9.78 Å². The molecule has 0 bridgehead atoms. The smallest absolute Gasteiger partial charge is 0.270 e. The first-order valence-electron chi connectivity index (χ1n) is 9.31. The molecule has 0 saturated carbocycles. The summed E-state index contributed by atoms with van der Waals surface area (Å²) in [6.07, 6.45) is 3.21. The van der Waals surface area contributed by atoms with Crippen LogP contribution in [-0.4, -0.2) is 21.2 Å². The Morgan fingerprint density at radius 1 is 1.06 bits per heavy atom. The van der Waals surface area contributed by atoms with E-state index < -0.39 is 5.56 Å². The van der Waals surface area contributed by atoms with Crippen LogP contribution in [0.5, 0.6) is 11.6 Å². The molecule has 0 aliphatic heterocycles. The van der Waals surface area contributed by atoms with E-state index >= 15 is 0 Å². The fourth-order valence-corrected chi connectivity index (χ4v) is 2.79. The lowest BCUT2D eigenvalue weighted by atomic mass is 10.1. The highest BCUT2D eigenvalue weighted by Gasteiger charge is 2.12. The third kappa shape index (κ3) is 4.81. The van der Waals surface area contributed by atoms with Gasteiger partial charge in [-0.1, -0.05) is 48.5 Å². The molecule has 0 spiro atoms. The molecule has 8 heteroatoms. The topological polar surface area (TPSA) is 116 Å². The van der Waals surface area contributed by atoms with Gasteiger partial charge in [-0.2, -0.15) is 10.4 Å². The first kappa shape index (κ1) is 19.5. The Hall–Kier alpha value is -4.77. The molecule has 0 radical (unpaired) electrons. The second kappa shape index (κ2) is 9.15. The summed E-state index contributed by atoms with van der Waals surface area (Å²) in [6, 6.07) is 23.6. The molecule has 150 valence electrons. The van der Waals surface area contributed by atoms with Crippen LogP contribution in [0.2, 0.25) is 0 Å². The number of nitrogens with one attached hydrogen (secondary N) is 2. The van der Waals surface area contributed by atoms with Crippen LogP contribution < -0.4 is 15.7 Å². The number of aromatic amines is 1. The van der Waals surface area contributed by atoms with Gasteiger partial charge in [0.1, 0.15) is 17.4 Å². The predicted octanol–water partition coefficient (Wildman–Crippen LogP) is 3.94. The van der Waals surface area contributed by atoms with Crippen molar-refractivity contribution < 1.29 is 4.74 Å². The molecule has 31 heavy (non-hydrogen) atoms. The molecule has 2 heterocycles. The van der Waals surface area contributed by atoms with Gasteiger partial charge in [-0.25, -0.2) is 15.4 Å². The van der Waals surface area contributed by atoms with Crippen molar-refractivity contribution in [3.8, 4) is 29.0 Å². The summed E-state index contributed by atoms with van der Waals surface area (Å²) >= 11 is 0. The van der Waals surface area contributed by atoms with Crippen molar-refractivity contribution in [3.05, 3.63) is 100 Å². The van der Waals surface area contributed by atoms with Crippen LogP contribution in [0.25, 0.3) is 11.3 Å². The number of hydrogen-bond acceptors (Lipinski definition) is 7. The molecule has 2 aromatic heterocycles. The summed E-state index contributed by atoms with van der Waals surface area (Å²) in [7, 11) is 0. The van der Waals surface area contributed by atoms with Gasteiger partial charge in [0.25, 0.3) is 5.56 Å². The SMILES string of the molecule is N#Cc1c(-c2ccccc2)nc(NN=Cc2cccc(Oc3ccccn3)c2)[nH]c1=O. The van der Waals surface area contributed by atoms with Crippen LogP contribution in [0.15, 0.2) is 88.9 Å². The van der Waals surface area contributed by atoms with E-state index in [1.54, 1.807) is 36.7 Å². The second-order valence-corrected chi connectivity index (χ2v) is 6.33. The minimum absolute atomic E-state index is 0.0555. The van der Waals surface area contributed by atoms with Crippen LogP contribution in [0.4, 0.5) is 5.95 Å². The molecule has 2 N–H and O–H groups in total. The number of anilines is 1. The summed E-state index contributed by atoms with van der Waals surface area (Å²) in [4.78, 5) is 23.3. The Morgan fingerprint density at radius 3 is 2.68 bits per heavy atom. The first-order chi connectivity index (χ1) is 15.2. The summed E-state index contributed by atoms with van der Waals surface area (Å²) in [5.74, 6) is 1.22. The highest BCUT2D eigenvalue weighted by Crippen LogP contribution is 2.20. The summed E-state index contributed by atoms with van der Waals surface area (Å²) < 4.78 is 5.71. The molecule has 0 fully saturated rings. The predicted molar refractivity (Wildman–Crippen MR) is 117 cm³/mol. The van der Waals surface area contributed by atoms with Crippen molar-refractivity contribution in [2.24, 2.45) is 5.10 Å². The third-order valence-corrected chi connectivity index (χ3v) is 4.18. The molecule has 4 rings (SSSR count). The zero-order chi connectivity index (χ0) is 21.5. The van der Waals surface area contributed by atoms with Gasteiger partial charge in [-0.15, -0.1) is 0 Å². The number of rotatable bonds is 6. The monoisotopic (exact) mass is 408 g/mol. The molecule has 0 aliphatic rings. The molecule has 0 unspecified atom stereocenters. The molecular weight excluding hydrogens is 392 g/mol. The van der Waals surface area contributed by atoms with E-state index in [4.69, 9.17) is 4.74 Å². The minimum atomic E-state index is -0.542. The molecular formula is C23H16N6O2. The van der Waals surface area contributed by atoms with Crippen LogP contribution in [-0.2, 0) is 0 Å². The van der Waals surface area contributed by atoms with Gasteiger partial charge < -0.3 is 4.74 Å². The maximum absolute atomic E-state index is 12.3. The average Bonchev–Trinajstić information content (AvgIpc) is 2.80. The van der Waals surface area contributed by atoms with Crippen LogP contribution in [0, 0.1) is 11.3 Å². The maximum atomic E-state index is 12.3. The van der Waals surface area contributed by atoms with Crippen molar-refractivity contribution in [1.29, 1.82) is 5.26 Å². The zero-order valence-corrected chi connectivity index (χ0v) is 16.2. The Balaban J connectivity index is 1.53. The van der Waals surface area contributed by atoms with Gasteiger partial charge in [-0.05, 0) is 23.8 Å².